The fraction of sp³-hybridized carbons (Fsp3) is 0.395. The van der Waals surface area contributed by atoms with Crippen molar-refractivity contribution < 1.29 is 42.7 Å². The van der Waals surface area contributed by atoms with Gasteiger partial charge in [-0.2, -0.15) is 0 Å². The predicted molar refractivity (Wildman–Crippen MR) is 195 cm³/mol. The Balaban J connectivity index is 0.900. The van der Waals surface area contributed by atoms with Gasteiger partial charge in [-0.3, -0.25) is 0 Å². The Bertz CT molecular complexity index is 1730. The molecule has 0 N–H and O–H groups in total. The molecule has 7 rings (SSSR count). The summed E-state index contributed by atoms with van der Waals surface area (Å²) in [6.45, 7) is 9.50. The molecular formula is C43H46O9. The third kappa shape index (κ3) is 7.72. The molecule has 1 saturated carbocycles. The number of esters is 2. The van der Waals surface area contributed by atoms with Gasteiger partial charge in [0.15, 0.2) is 13.6 Å². The molecule has 272 valence electrons. The first-order valence-electron chi connectivity index (χ1n) is 18.2. The normalized spacial score (nSPS) is 17.6. The third-order valence-electron chi connectivity index (χ3n) is 11.0. The summed E-state index contributed by atoms with van der Waals surface area (Å²) in [5, 5.41) is 0. The summed E-state index contributed by atoms with van der Waals surface area (Å²) in [6.07, 6.45) is 5.84. The van der Waals surface area contributed by atoms with E-state index in [1.807, 2.05) is 24.3 Å². The van der Waals surface area contributed by atoms with Gasteiger partial charge in [-0.05, 0) is 126 Å². The van der Waals surface area contributed by atoms with Gasteiger partial charge in [-0.25, -0.2) is 9.59 Å². The molecule has 4 aromatic carbocycles. The van der Waals surface area contributed by atoms with E-state index in [1.54, 1.807) is 60.7 Å². The van der Waals surface area contributed by atoms with Crippen molar-refractivity contribution in [2.75, 3.05) is 40.0 Å². The maximum atomic E-state index is 13.0. The van der Waals surface area contributed by atoms with E-state index in [2.05, 4.69) is 20.8 Å². The van der Waals surface area contributed by atoms with E-state index in [4.69, 9.17) is 33.2 Å². The Morgan fingerprint density at radius 1 is 0.635 bits per heavy atom. The average Bonchev–Trinajstić information content (AvgIpc) is 3.40. The van der Waals surface area contributed by atoms with Crippen LogP contribution in [0.15, 0.2) is 84.9 Å². The lowest BCUT2D eigenvalue weighted by Gasteiger charge is -2.40. The van der Waals surface area contributed by atoms with E-state index in [-0.39, 0.29) is 24.9 Å². The van der Waals surface area contributed by atoms with Gasteiger partial charge < -0.3 is 33.2 Å². The molecule has 1 saturated heterocycles. The lowest BCUT2D eigenvalue weighted by Crippen LogP contribution is -2.45. The minimum atomic E-state index is -0.461. The number of ether oxygens (including phenoxy) is 7. The topological polar surface area (TPSA) is 98.8 Å². The highest BCUT2D eigenvalue weighted by Gasteiger charge is 2.37. The first-order chi connectivity index (χ1) is 25.3. The Hall–Kier alpha value is -4.70. The average molecular weight is 707 g/mol. The van der Waals surface area contributed by atoms with Crippen molar-refractivity contribution in [3.05, 3.63) is 107 Å². The second kappa shape index (κ2) is 15.5. The van der Waals surface area contributed by atoms with Crippen LogP contribution in [-0.4, -0.2) is 52.0 Å². The maximum absolute atomic E-state index is 13.0. The molecule has 0 bridgehead atoms. The van der Waals surface area contributed by atoms with Crippen LogP contribution in [0.1, 0.15) is 90.6 Å². The van der Waals surface area contributed by atoms with Crippen LogP contribution >= 0.6 is 0 Å². The number of carbonyl (C=O) groups is 2. The van der Waals surface area contributed by atoms with Crippen molar-refractivity contribution in [1.29, 1.82) is 0 Å². The molecule has 1 aliphatic heterocycles. The minimum Gasteiger partial charge on any atom is -0.468 e. The van der Waals surface area contributed by atoms with E-state index < -0.39 is 11.9 Å². The summed E-state index contributed by atoms with van der Waals surface area (Å²) in [7, 11) is 0. The standard InChI is InChI=1S/C43H46O9/c1-4-42(19-6-20-42)23-47-27-49-32-11-7-30(8-12-32)40(44)51-34-15-17-36-37-18-16-35(22-39(37)29(3)38(36)21-34)52-41(45)31-9-13-33(14-10-31)50-28-48-26-43(5-2)24-46-25-43/h7-18,21-22,29H,4-6,19-20,23-28H2,1-3H3. The van der Waals surface area contributed by atoms with Gasteiger partial charge in [-0.1, -0.05) is 39.3 Å². The summed E-state index contributed by atoms with van der Waals surface area (Å²) in [5.41, 5.74) is 5.42. The first kappa shape index (κ1) is 35.7. The fourth-order valence-electron chi connectivity index (χ4n) is 7.08. The van der Waals surface area contributed by atoms with Crippen LogP contribution < -0.4 is 18.9 Å². The van der Waals surface area contributed by atoms with Crippen molar-refractivity contribution in [2.24, 2.45) is 10.8 Å². The Morgan fingerprint density at radius 3 is 1.46 bits per heavy atom. The molecule has 9 heteroatoms. The summed E-state index contributed by atoms with van der Waals surface area (Å²) in [6, 6.07) is 25.0. The van der Waals surface area contributed by atoms with Crippen LogP contribution in [0.5, 0.6) is 23.0 Å². The molecule has 0 aromatic heterocycles. The summed E-state index contributed by atoms with van der Waals surface area (Å²) in [5.74, 6) is 1.24. The zero-order valence-electron chi connectivity index (χ0n) is 30.1. The van der Waals surface area contributed by atoms with E-state index in [9.17, 15) is 9.59 Å². The zero-order valence-corrected chi connectivity index (χ0v) is 30.1. The lowest BCUT2D eigenvalue weighted by molar-refractivity contribution is -0.162. The lowest BCUT2D eigenvalue weighted by atomic mass is 9.68. The molecule has 1 heterocycles. The molecule has 0 amide bonds. The van der Waals surface area contributed by atoms with Crippen LogP contribution in [-0.2, 0) is 14.2 Å². The number of fused-ring (bicyclic) bond motifs is 3. The summed E-state index contributed by atoms with van der Waals surface area (Å²) >= 11 is 0. The van der Waals surface area contributed by atoms with Crippen molar-refractivity contribution in [1.82, 2.24) is 0 Å². The molecule has 52 heavy (non-hydrogen) atoms. The number of hydrogen-bond acceptors (Lipinski definition) is 9. The summed E-state index contributed by atoms with van der Waals surface area (Å²) in [4.78, 5) is 26.0. The molecule has 0 radical (unpaired) electrons. The Kier molecular flexibility index (Phi) is 10.6. The molecule has 2 fully saturated rings. The molecule has 9 nitrogen and oxygen atoms in total. The second-order valence-electron chi connectivity index (χ2n) is 14.3. The highest BCUT2D eigenvalue weighted by Crippen LogP contribution is 2.47. The molecule has 2 aliphatic carbocycles. The highest BCUT2D eigenvalue weighted by molar-refractivity contribution is 5.92. The predicted octanol–water partition coefficient (Wildman–Crippen LogP) is 8.97. The second-order valence-corrected chi connectivity index (χ2v) is 14.3. The van der Waals surface area contributed by atoms with Gasteiger partial charge in [0.25, 0.3) is 0 Å². The molecular weight excluding hydrogens is 660 g/mol. The number of benzene rings is 4. The number of carbonyl (C=O) groups excluding carboxylic acids is 2. The van der Waals surface area contributed by atoms with Crippen molar-refractivity contribution in [2.45, 2.75) is 58.8 Å². The van der Waals surface area contributed by atoms with Gasteiger partial charge in [0, 0.05) is 11.3 Å². The Morgan fingerprint density at radius 2 is 1.08 bits per heavy atom. The van der Waals surface area contributed by atoms with Gasteiger partial charge in [0.2, 0.25) is 0 Å². The van der Waals surface area contributed by atoms with Crippen LogP contribution in [0.3, 0.4) is 0 Å². The molecule has 0 spiro atoms. The summed E-state index contributed by atoms with van der Waals surface area (Å²) < 4.78 is 39.8. The zero-order chi connectivity index (χ0) is 36.1. The molecule has 1 unspecified atom stereocenters. The quantitative estimate of drug-likeness (QED) is 0.0489. The van der Waals surface area contributed by atoms with Crippen molar-refractivity contribution in [3.63, 3.8) is 0 Å². The largest absolute Gasteiger partial charge is 0.468 e. The third-order valence-corrected chi connectivity index (χ3v) is 11.0. The van der Waals surface area contributed by atoms with Gasteiger partial charge in [-0.15, -0.1) is 0 Å². The van der Waals surface area contributed by atoms with Gasteiger partial charge in [0.05, 0.1) is 37.6 Å². The van der Waals surface area contributed by atoms with E-state index in [0.29, 0.717) is 52.8 Å². The van der Waals surface area contributed by atoms with Crippen LogP contribution in [0.4, 0.5) is 0 Å². The number of hydrogen-bond donors (Lipinski definition) is 0. The van der Waals surface area contributed by atoms with Crippen LogP contribution in [0.2, 0.25) is 0 Å². The molecule has 4 aromatic rings. The number of rotatable bonds is 16. The van der Waals surface area contributed by atoms with Crippen LogP contribution in [0.25, 0.3) is 11.1 Å². The fourth-order valence-corrected chi connectivity index (χ4v) is 7.08. The first-order valence-corrected chi connectivity index (χ1v) is 18.2. The minimum absolute atomic E-state index is 0.000117. The van der Waals surface area contributed by atoms with Gasteiger partial charge >= 0.3 is 11.9 Å². The van der Waals surface area contributed by atoms with Crippen molar-refractivity contribution in [3.8, 4) is 34.1 Å². The van der Waals surface area contributed by atoms with E-state index in [0.717, 1.165) is 48.3 Å². The smallest absolute Gasteiger partial charge is 0.343 e. The Labute approximate surface area is 305 Å². The van der Waals surface area contributed by atoms with Crippen LogP contribution in [0, 0.1) is 10.8 Å². The highest BCUT2D eigenvalue weighted by atomic mass is 16.7. The van der Waals surface area contributed by atoms with E-state index >= 15 is 0 Å². The molecule has 1 atom stereocenters. The molecule has 3 aliphatic rings. The van der Waals surface area contributed by atoms with Crippen molar-refractivity contribution >= 4 is 11.9 Å². The van der Waals surface area contributed by atoms with E-state index in [1.165, 1.54) is 19.3 Å². The SMILES string of the molecule is CCC1(COCOc2ccc(C(=O)Oc3ccc4c(c3)C(C)c3cc(OC(=O)c5ccc(OCOCC6(CC)COC6)cc5)ccc3-4)cc2)CCC1. The monoisotopic (exact) mass is 706 g/mol. The van der Waals surface area contributed by atoms with Gasteiger partial charge in [0.1, 0.15) is 23.0 Å². The maximum Gasteiger partial charge on any atom is 0.343 e.